The molecule has 0 unspecified atom stereocenters. The van der Waals surface area contributed by atoms with Crippen molar-refractivity contribution in [1.82, 2.24) is 24.9 Å². The van der Waals surface area contributed by atoms with E-state index in [9.17, 15) is 9.59 Å². The van der Waals surface area contributed by atoms with Crippen molar-refractivity contribution in [2.24, 2.45) is 13.0 Å². The van der Waals surface area contributed by atoms with E-state index >= 15 is 0 Å². The first-order valence-electron chi connectivity index (χ1n) is 11.9. The maximum atomic E-state index is 12.6. The normalized spacial score (nSPS) is 20.7. The minimum Gasteiger partial charge on any atom is -0.489 e. The zero-order valence-electron chi connectivity index (χ0n) is 20.3. The summed E-state index contributed by atoms with van der Waals surface area (Å²) >= 11 is 0. The number of ether oxygens (including phenoxy) is 2. The van der Waals surface area contributed by atoms with Crippen LogP contribution in [0, 0.1) is 12.8 Å². The molecule has 2 aromatic rings. The first-order chi connectivity index (χ1) is 16.2. The van der Waals surface area contributed by atoms with Crippen molar-refractivity contribution >= 4 is 12.1 Å². The van der Waals surface area contributed by atoms with Crippen molar-refractivity contribution in [3.63, 3.8) is 0 Å². The van der Waals surface area contributed by atoms with Gasteiger partial charge in [-0.25, -0.2) is 14.5 Å². The highest BCUT2D eigenvalue weighted by Gasteiger charge is 2.47. The number of rotatable bonds is 9. The monoisotopic (exact) mass is 471 g/mol. The largest absolute Gasteiger partial charge is 0.489 e. The topological polar surface area (TPSA) is 120 Å². The summed E-state index contributed by atoms with van der Waals surface area (Å²) in [5.41, 5.74) is 2.50. The molecule has 1 N–H and O–H groups in total. The van der Waals surface area contributed by atoms with Crippen LogP contribution in [0.15, 0.2) is 12.1 Å². The fourth-order valence-corrected chi connectivity index (χ4v) is 4.78. The second kappa shape index (κ2) is 9.60. The van der Waals surface area contributed by atoms with E-state index in [4.69, 9.17) is 14.6 Å². The molecule has 10 heteroatoms. The number of aryl methyl sites for hydroxylation is 2. The van der Waals surface area contributed by atoms with Crippen molar-refractivity contribution in [3.05, 3.63) is 23.5 Å². The Morgan fingerprint density at radius 3 is 2.71 bits per heavy atom. The number of carbonyl (C=O) groups is 2. The predicted octanol–water partition coefficient (Wildman–Crippen LogP) is 3.72. The fraction of sp³-hybridized carbons (Fsp3) is 0.625. The van der Waals surface area contributed by atoms with E-state index in [1.807, 2.05) is 19.1 Å². The Kier molecular flexibility index (Phi) is 6.77. The predicted molar refractivity (Wildman–Crippen MR) is 123 cm³/mol. The lowest BCUT2D eigenvalue weighted by Crippen LogP contribution is -2.38. The molecular formula is C24H33N5O5. The van der Waals surface area contributed by atoms with Gasteiger partial charge in [-0.1, -0.05) is 12.1 Å². The average molecular weight is 472 g/mol. The third-order valence-corrected chi connectivity index (χ3v) is 7.28. The molecule has 0 bridgehead atoms. The van der Waals surface area contributed by atoms with Gasteiger partial charge in [0.1, 0.15) is 23.7 Å². The van der Waals surface area contributed by atoms with E-state index < -0.39 is 5.97 Å². The number of hydrogen-bond donors (Lipinski definition) is 1. The SMILES string of the molecule is CCC1(N(C)C(=O)OCc2c(-c3ccc(O[C@H]4CC[C@H](CC(=O)O)C4)c(C)n3)nnn2C)CC1. The molecule has 10 nitrogen and oxygen atoms in total. The Hall–Kier alpha value is -3.17. The summed E-state index contributed by atoms with van der Waals surface area (Å²) in [6.45, 7) is 4.00. The van der Waals surface area contributed by atoms with E-state index in [1.165, 1.54) is 0 Å². The maximum Gasteiger partial charge on any atom is 0.410 e. The number of aliphatic carboxylic acids is 1. The van der Waals surface area contributed by atoms with Gasteiger partial charge in [0.05, 0.1) is 17.5 Å². The Labute approximate surface area is 199 Å². The van der Waals surface area contributed by atoms with Gasteiger partial charge >= 0.3 is 12.1 Å². The third kappa shape index (κ3) is 5.00. The second-order valence-corrected chi connectivity index (χ2v) is 9.50. The molecular weight excluding hydrogens is 438 g/mol. The quantitative estimate of drug-likeness (QED) is 0.588. The molecule has 184 valence electrons. The van der Waals surface area contributed by atoms with Crippen molar-refractivity contribution in [2.45, 2.75) is 77.0 Å². The van der Waals surface area contributed by atoms with Crippen LogP contribution in [-0.4, -0.2) is 60.7 Å². The molecule has 2 saturated carbocycles. The first-order valence-corrected chi connectivity index (χ1v) is 11.9. The average Bonchev–Trinajstić information content (AvgIpc) is 3.35. The summed E-state index contributed by atoms with van der Waals surface area (Å²) in [7, 11) is 3.55. The number of aromatic nitrogens is 4. The highest BCUT2D eigenvalue weighted by molar-refractivity contribution is 5.69. The lowest BCUT2D eigenvalue weighted by Gasteiger charge is -2.26. The molecule has 34 heavy (non-hydrogen) atoms. The molecule has 0 saturated heterocycles. The van der Waals surface area contributed by atoms with Crippen LogP contribution in [0.5, 0.6) is 5.75 Å². The van der Waals surface area contributed by atoms with Gasteiger partial charge in [-0.05, 0) is 63.5 Å². The summed E-state index contributed by atoms with van der Waals surface area (Å²) < 4.78 is 13.3. The standard InChI is InChI=1S/C24H33N5O5/c1-5-24(10-11-24)28(3)23(32)33-14-19-22(26-27-29(19)4)18-8-9-20(15(2)25-18)34-17-7-6-16(12-17)13-21(30)31/h8-9,16-17H,5-7,10-14H2,1-4H3,(H,30,31)/t16-,17-/m0/s1. The Bertz CT molecular complexity index is 1060. The Morgan fingerprint density at radius 1 is 1.29 bits per heavy atom. The summed E-state index contributed by atoms with van der Waals surface area (Å²) in [4.78, 5) is 29.9. The summed E-state index contributed by atoms with van der Waals surface area (Å²) in [5.74, 6) is 0.0749. The molecule has 2 aliphatic rings. The molecule has 1 amide bonds. The Balaban J connectivity index is 1.41. The van der Waals surface area contributed by atoms with Gasteiger partial charge in [0.15, 0.2) is 0 Å². The van der Waals surface area contributed by atoms with Crippen LogP contribution in [0.1, 0.15) is 63.3 Å². The van der Waals surface area contributed by atoms with E-state index in [1.54, 1.807) is 23.7 Å². The van der Waals surface area contributed by atoms with Crippen molar-refractivity contribution in [2.75, 3.05) is 7.05 Å². The summed E-state index contributed by atoms with van der Waals surface area (Å²) in [6, 6.07) is 3.68. The molecule has 0 aliphatic heterocycles. The lowest BCUT2D eigenvalue weighted by molar-refractivity contribution is -0.138. The number of pyridine rings is 1. The van der Waals surface area contributed by atoms with Gasteiger partial charge in [0.2, 0.25) is 0 Å². The van der Waals surface area contributed by atoms with E-state index in [2.05, 4.69) is 22.2 Å². The number of hydrogen-bond acceptors (Lipinski definition) is 7. The summed E-state index contributed by atoms with van der Waals surface area (Å²) in [6.07, 6.45) is 5.19. The van der Waals surface area contributed by atoms with Crippen LogP contribution >= 0.6 is 0 Å². The van der Waals surface area contributed by atoms with Crippen LogP contribution in [0.2, 0.25) is 0 Å². The van der Waals surface area contributed by atoms with Crippen molar-refractivity contribution < 1.29 is 24.2 Å². The summed E-state index contributed by atoms with van der Waals surface area (Å²) in [5, 5.41) is 17.4. The molecule has 2 heterocycles. The van der Waals surface area contributed by atoms with Gasteiger partial charge in [-0.15, -0.1) is 5.10 Å². The molecule has 2 atom stereocenters. The van der Waals surface area contributed by atoms with Crippen LogP contribution in [0.3, 0.4) is 0 Å². The minimum absolute atomic E-state index is 0.00272. The van der Waals surface area contributed by atoms with E-state index in [-0.39, 0.29) is 36.7 Å². The zero-order chi connectivity index (χ0) is 24.5. The number of carbonyl (C=O) groups excluding carboxylic acids is 1. The van der Waals surface area contributed by atoms with Crippen LogP contribution < -0.4 is 4.74 Å². The van der Waals surface area contributed by atoms with Gasteiger partial charge < -0.3 is 19.5 Å². The maximum absolute atomic E-state index is 12.6. The Morgan fingerprint density at radius 2 is 2.06 bits per heavy atom. The zero-order valence-corrected chi connectivity index (χ0v) is 20.3. The smallest absolute Gasteiger partial charge is 0.410 e. The fourth-order valence-electron chi connectivity index (χ4n) is 4.78. The van der Waals surface area contributed by atoms with Crippen molar-refractivity contribution in [3.8, 4) is 17.1 Å². The molecule has 0 spiro atoms. The van der Waals surface area contributed by atoms with Crippen LogP contribution in [0.4, 0.5) is 4.79 Å². The highest BCUT2D eigenvalue weighted by atomic mass is 16.6. The second-order valence-electron chi connectivity index (χ2n) is 9.50. The van der Waals surface area contributed by atoms with Gasteiger partial charge in [0.25, 0.3) is 0 Å². The number of carboxylic acids is 1. The molecule has 2 aliphatic carbocycles. The number of amides is 1. The van der Waals surface area contributed by atoms with Crippen LogP contribution in [-0.2, 0) is 23.2 Å². The van der Waals surface area contributed by atoms with E-state index in [0.717, 1.165) is 38.5 Å². The third-order valence-electron chi connectivity index (χ3n) is 7.28. The van der Waals surface area contributed by atoms with Crippen molar-refractivity contribution in [1.29, 1.82) is 0 Å². The molecule has 0 aromatic carbocycles. The highest BCUT2D eigenvalue weighted by Crippen LogP contribution is 2.44. The van der Waals surface area contributed by atoms with Gasteiger partial charge in [-0.2, -0.15) is 0 Å². The number of carboxylic acid groups (broad SMARTS) is 1. The molecule has 2 aromatic heterocycles. The van der Waals surface area contributed by atoms with Gasteiger partial charge in [-0.3, -0.25) is 4.79 Å². The minimum atomic E-state index is -0.762. The van der Waals surface area contributed by atoms with E-state index in [0.29, 0.717) is 28.5 Å². The van der Waals surface area contributed by atoms with Gasteiger partial charge in [0, 0.05) is 26.1 Å². The molecule has 4 rings (SSSR count). The molecule has 0 radical (unpaired) electrons. The molecule has 2 fully saturated rings. The first kappa shape index (κ1) is 24.0. The lowest BCUT2D eigenvalue weighted by atomic mass is 10.0. The number of nitrogens with zero attached hydrogens (tertiary/aromatic N) is 5. The van der Waals surface area contributed by atoms with Crippen LogP contribution in [0.25, 0.3) is 11.4 Å².